The van der Waals surface area contributed by atoms with E-state index in [1.54, 1.807) is 0 Å². The Balaban J connectivity index is 1.85. The summed E-state index contributed by atoms with van der Waals surface area (Å²) in [6.45, 7) is 7.11. The van der Waals surface area contributed by atoms with Crippen molar-refractivity contribution in [1.82, 2.24) is 10.2 Å². The molecule has 0 aromatic carbocycles. The smallest absolute Gasteiger partial charge is 0.225 e. The van der Waals surface area contributed by atoms with Crippen LogP contribution in [-0.2, 0) is 4.79 Å². The molecule has 0 aromatic heterocycles. The Bertz CT molecular complexity index is 223. The van der Waals surface area contributed by atoms with E-state index in [1.165, 1.54) is 0 Å². The second-order valence-corrected chi connectivity index (χ2v) is 4.91. The average Bonchev–Trinajstić information content (AvgIpc) is 2.12. The Kier molecular flexibility index (Phi) is 2.77. The molecule has 0 spiro atoms. The number of hydrogen-bond acceptors (Lipinski definition) is 2. The van der Waals surface area contributed by atoms with Crippen molar-refractivity contribution < 1.29 is 4.79 Å². The van der Waals surface area contributed by atoms with Gasteiger partial charge in [0.05, 0.1) is 0 Å². The topological polar surface area (TPSA) is 32.3 Å². The van der Waals surface area contributed by atoms with E-state index in [9.17, 15) is 4.79 Å². The van der Waals surface area contributed by atoms with Crippen LogP contribution < -0.4 is 5.32 Å². The lowest BCUT2D eigenvalue weighted by Gasteiger charge is -2.39. The van der Waals surface area contributed by atoms with Crippen molar-refractivity contribution in [1.29, 1.82) is 0 Å². The summed E-state index contributed by atoms with van der Waals surface area (Å²) in [5, 5.41) is 3.36. The largest absolute Gasteiger partial charge is 0.340 e. The molecule has 1 amide bonds. The zero-order valence-electron chi connectivity index (χ0n) is 9.12. The van der Waals surface area contributed by atoms with Crippen LogP contribution in [0.15, 0.2) is 0 Å². The van der Waals surface area contributed by atoms with Gasteiger partial charge in [-0.05, 0) is 25.7 Å². The zero-order valence-corrected chi connectivity index (χ0v) is 9.12. The lowest BCUT2D eigenvalue weighted by Crippen LogP contribution is -2.54. The molecular weight excluding hydrogens is 176 g/mol. The van der Waals surface area contributed by atoms with Crippen LogP contribution in [0.25, 0.3) is 0 Å². The molecule has 1 saturated heterocycles. The fourth-order valence-corrected chi connectivity index (χ4v) is 2.49. The quantitative estimate of drug-likeness (QED) is 0.674. The number of hydrogen-bond donors (Lipinski definition) is 1. The van der Waals surface area contributed by atoms with E-state index in [4.69, 9.17) is 0 Å². The van der Waals surface area contributed by atoms with Crippen molar-refractivity contribution in [3.8, 4) is 0 Å². The molecule has 1 atom stereocenters. The third kappa shape index (κ3) is 1.92. The number of amides is 1. The first-order valence-corrected chi connectivity index (χ1v) is 5.69. The number of nitrogens with one attached hydrogen (secondary N) is 1. The molecule has 2 rings (SSSR count). The minimum atomic E-state index is 0.343. The van der Waals surface area contributed by atoms with Crippen LogP contribution in [0.4, 0.5) is 0 Å². The Morgan fingerprint density at radius 1 is 1.36 bits per heavy atom. The van der Waals surface area contributed by atoms with Crippen LogP contribution >= 0.6 is 0 Å². The Morgan fingerprint density at radius 3 is 2.64 bits per heavy atom. The van der Waals surface area contributed by atoms with E-state index in [0.717, 1.165) is 38.4 Å². The second-order valence-electron chi connectivity index (χ2n) is 4.91. The fraction of sp³-hybridized carbons (Fsp3) is 0.909. The van der Waals surface area contributed by atoms with Gasteiger partial charge < -0.3 is 10.2 Å². The van der Waals surface area contributed by atoms with Crippen molar-refractivity contribution in [2.24, 2.45) is 11.8 Å². The van der Waals surface area contributed by atoms with Crippen LogP contribution in [-0.4, -0.2) is 36.5 Å². The number of carbonyl (C=O) groups is 1. The predicted molar refractivity (Wildman–Crippen MR) is 55.9 cm³/mol. The summed E-state index contributed by atoms with van der Waals surface area (Å²) >= 11 is 0. The van der Waals surface area contributed by atoms with Gasteiger partial charge in [-0.25, -0.2) is 0 Å². The van der Waals surface area contributed by atoms with E-state index in [0.29, 0.717) is 17.9 Å². The molecule has 0 aromatic rings. The summed E-state index contributed by atoms with van der Waals surface area (Å²) in [5.74, 6) is 1.51. The molecule has 1 aliphatic heterocycles. The van der Waals surface area contributed by atoms with Crippen LogP contribution in [0.3, 0.4) is 0 Å². The highest BCUT2D eigenvalue weighted by Gasteiger charge is 2.35. The minimum absolute atomic E-state index is 0.343. The van der Waals surface area contributed by atoms with E-state index < -0.39 is 0 Å². The minimum Gasteiger partial charge on any atom is -0.340 e. The highest BCUT2D eigenvalue weighted by atomic mass is 16.2. The van der Waals surface area contributed by atoms with Gasteiger partial charge >= 0.3 is 0 Å². The molecule has 3 nitrogen and oxygen atoms in total. The van der Waals surface area contributed by atoms with Gasteiger partial charge in [0, 0.05) is 31.6 Å². The fourth-order valence-electron chi connectivity index (χ4n) is 2.49. The SMILES string of the molecule is CC1CC(C(=O)N2CCN[C@@H](C)C2)C1. The molecule has 1 saturated carbocycles. The molecule has 1 aliphatic carbocycles. The van der Waals surface area contributed by atoms with Gasteiger partial charge in [-0.15, -0.1) is 0 Å². The third-order valence-corrected chi connectivity index (χ3v) is 3.40. The van der Waals surface area contributed by atoms with Crippen molar-refractivity contribution in [2.45, 2.75) is 32.7 Å². The van der Waals surface area contributed by atoms with Crippen LogP contribution in [0.2, 0.25) is 0 Å². The first-order valence-electron chi connectivity index (χ1n) is 5.69. The van der Waals surface area contributed by atoms with Gasteiger partial charge in [0.25, 0.3) is 0 Å². The highest BCUT2D eigenvalue weighted by Crippen LogP contribution is 2.34. The maximum Gasteiger partial charge on any atom is 0.225 e. The standard InChI is InChI=1S/C11H20N2O/c1-8-5-10(6-8)11(14)13-4-3-12-9(2)7-13/h8-10,12H,3-7H2,1-2H3/t8?,9-,10?/m0/s1. The first-order chi connectivity index (χ1) is 6.66. The Labute approximate surface area is 85.8 Å². The highest BCUT2D eigenvalue weighted by molar-refractivity contribution is 5.79. The number of nitrogens with zero attached hydrogens (tertiary/aromatic N) is 1. The molecule has 3 heteroatoms. The Morgan fingerprint density at radius 2 is 2.07 bits per heavy atom. The molecule has 2 aliphatic rings. The van der Waals surface area contributed by atoms with Crippen LogP contribution in [0, 0.1) is 11.8 Å². The lowest BCUT2D eigenvalue weighted by atomic mass is 9.75. The monoisotopic (exact) mass is 196 g/mol. The first kappa shape index (κ1) is 9.97. The molecular formula is C11H20N2O. The lowest BCUT2D eigenvalue weighted by molar-refractivity contribution is -0.140. The molecule has 14 heavy (non-hydrogen) atoms. The summed E-state index contributed by atoms with van der Waals surface area (Å²) in [6, 6.07) is 0.463. The molecule has 1 heterocycles. The van der Waals surface area contributed by atoms with Gasteiger partial charge in [-0.1, -0.05) is 6.92 Å². The molecule has 1 N–H and O–H groups in total. The summed E-state index contributed by atoms with van der Waals surface area (Å²) in [5.41, 5.74) is 0. The van der Waals surface area contributed by atoms with E-state index >= 15 is 0 Å². The summed E-state index contributed by atoms with van der Waals surface area (Å²) < 4.78 is 0. The molecule has 0 bridgehead atoms. The van der Waals surface area contributed by atoms with Gasteiger partial charge in [0.1, 0.15) is 0 Å². The number of carbonyl (C=O) groups excluding carboxylic acids is 1. The maximum absolute atomic E-state index is 12.0. The molecule has 0 unspecified atom stereocenters. The summed E-state index contributed by atoms with van der Waals surface area (Å²) in [7, 11) is 0. The normalized spacial score (nSPS) is 37.9. The molecule has 80 valence electrons. The van der Waals surface area contributed by atoms with E-state index in [1.807, 2.05) is 4.90 Å². The van der Waals surface area contributed by atoms with Gasteiger partial charge in [-0.2, -0.15) is 0 Å². The van der Waals surface area contributed by atoms with E-state index in [2.05, 4.69) is 19.2 Å². The number of rotatable bonds is 1. The van der Waals surface area contributed by atoms with Crippen LogP contribution in [0.1, 0.15) is 26.7 Å². The maximum atomic E-state index is 12.0. The summed E-state index contributed by atoms with van der Waals surface area (Å²) in [4.78, 5) is 14.0. The average molecular weight is 196 g/mol. The number of piperazine rings is 1. The summed E-state index contributed by atoms with van der Waals surface area (Å²) in [6.07, 6.45) is 2.22. The van der Waals surface area contributed by atoms with Gasteiger partial charge in [0.2, 0.25) is 5.91 Å². The van der Waals surface area contributed by atoms with Crippen molar-refractivity contribution in [3.05, 3.63) is 0 Å². The van der Waals surface area contributed by atoms with Gasteiger partial charge in [-0.3, -0.25) is 4.79 Å². The third-order valence-electron chi connectivity index (χ3n) is 3.40. The predicted octanol–water partition coefficient (Wildman–Crippen LogP) is 0.853. The Hall–Kier alpha value is -0.570. The van der Waals surface area contributed by atoms with Gasteiger partial charge in [0.15, 0.2) is 0 Å². The zero-order chi connectivity index (χ0) is 10.1. The van der Waals surface area contributed by atoms with Crippen LogP contribution in [0.5, 0.6) is 0 Å². The van der Waals surface area contributed by atoms with Crippen molar-refractivity contribution in [3.63, 3.8) is 0 Å². The molecule has 0 radical (unpaired) electrons. The van der Waals surface area contributed by atoms with E-state index in [-0.39, 0.29) is 0 Å². The van der Waals surface area contributed by atoms with Crippen molar-refractivity contribution in [2.75, 3.05) is 19.6 Å². The molecule has 2 fully saturated rings. The van der Waals surface area contributed by atoms with Crippen molar-refractivity contribution >= 4 is 5.91 Å². The second kappa shape index (κ2) is 3.89.